The SMILES string of the molecule is O=C(NCCN1CCNCC1)C1CCCN(S(=O)(=O)Cc2ccccc2)C1. The van der Waals surface area contributed by atoms with E-state index in [4.69, 9.17) is 0 Å². The van der Waals surface area contributed by atoms with Gasteiger partial charge in [-0.3, -0.25) is 9.69 Å². The maximum absolute atomic E-state index is 12.7. The van der Waals surface area contributed by atoms with Crippen LogP contribution in [0, 0.1) is 5.92 Å². The molecule has 7 nitrogen and oxygen atoms in total. The summed E-state index contributed by atoms with van der Waals surface area (Å²) in [5.74, 6) is -0.289. The quantitative estimate of drug-likeness (QED) is 0.693. The number of hydrogen-bond acceptors (Lipinski definition) is 5. The van der Waals surface area contributed by atoms with Crippen LogP contribution in [0.5, 0.6) is 0 Å². The van der Waals surface area contributed by atoms with Crippen LogP contribution in [-0.2, 0) is 20.6 Å². The van der Waals surface area contributed by atoms with E-state index in [-0.39, 0.29) is 24.1 Å². The molecule has 1 unspecified atom stereocenters. The van der Waals surface area contributed by atoms with Crippen LogP contribution in [0.4, 0.5) is 0 Å². The van der Waals surface area contributed by atoms with Gasteiger partial charge in [-0.2, -0.15) is 0 Å². The van der Waals surface area contributed by atoms with E-state index in [1.165, 1.54) is 4.31 Å². The van der Waals surface area contributed by atoms with Gasteiger partial charge in [0.05, 0.1) is 11.7 Å². The second kappa shape index (κ2) is 9.64. The maximum atomic E-state index is 12.7. The molecule has 0 spiro atoms. The molecule has 0 saturated carbocycles. The third kappa shape index (κ3) is 6.00. The van der Waals surface area contributed by atoms with Gasteiger partial charge in [-0.15, -0.1) is 0 Å². The molecule has 0 aromatic heterocycles. The Kier molecular flexibility index (Phi) is 7.23. The number of carbonyl (C=O) groups is 1. The van der Waals surface area contributed by atoms with Crippen molar-refractivity contribution in [2.75, 3.05) is 52.4 Å². The average Bonchev–Trinajstić information content (AvgIpc) is 2.69. The molecule has 2 fully saturated rings. The molecule has 8 heteroatoms. The topological polar surface area (TPSA) is 81.8 Å². The molecule has 2 heterocycles. The lowest BCUT2D eigenvalue weighted by molar-refractivity contribution is -0.126. The van der Waals surface area contributed by atoms with Crippen LogP contribution in [-0.4, -0.2) is 75.9 Å². The molecule has 2 aliphatic rings. The van der Waals surface area contributed by atoms with Gasteiger partial charge in [0.25, 0.3) is 0 Å². The van der Waals surface area contributed by atoms with E-state index >= 15 is 0 Å². The van der Waals surface area contributed by atoms with E-state index in [1.807, 2.05) is 30.3 Å². The molecule has 1 amide bonds. The van der Waals surface area contributed by atoms with Gasteiger partial charge >= 0.3 is 0 Å². The van der Waals surface area contributed by atoms with E-state index in [0.29, 0.717) is 13.1 Å². The van der Waals surface area contributed by atoms with E-state index in [2.05, 4.69) is 15.5 Å². The van der Waals surface area contributed by atoms with Gasteiger partial charge in [0.15, 0.2) is 0 Å². The number of nitrogens with zero attached hydrogens (tertiary/aromatic N) is 2. The highest BCUT2D eigenvalue weighted by molar-refractivity contribution is 7.88. The summed E-state index contributed by atoms with van der Waals surface area (Å²) in [6.45, 7) is 6.24. The minimum Gasteiger partial charge on any atom is -0.355 e. The van der Waals surface area contributed by atoms with Gasteiger partial charge < -0.3 is 10.6 Å². The molecule has 1 aromatic carbocycles. The van der Waals surface area contributed by atoms with Gasteiger partial charge in [-0.25, -0.2) is 12.7 Å². The lowest BCUT2D eigenvalue weighted by Gasteiger charge is -2.31. The fourth-order valence-corrected chi connectivity index (χ4v) is 5.31. The number of benzene rings is 1. The highest BCUT2D eigenvalue weighted by atomic mass is 32.2. The predicted molar refractivity (Wildman–Crippen MR) is 106 cm³/mol. The molecule has 2 aliphatic heterocycles. The molecule has 1 atom stereocenters. The zero-order chi connectivity index (χ0) is 19.1. The Morgan fingerprint density at radius 3 is 2.63 bits per heavy atom. The van der Waals surface area contributed by atoms with Crippen molar-refractivity contribution in [1.82, 2.24) is 19.8 Å². The third-order valence-corrected chi connectivity index (χ3v) is 7.09. The molecule has 3 rings (SSSR count). The van der Waals surface area contributed by atoms with Crippen LogP contribution in [0.2, 0.25) is 0 Å². The molecule has 0 aliphatic carbocycles. The van der Waals surface area contributed by atoms with Crippen LogP contribution in [0.25, 0.3) is 0 Å². The van der Waals surface area contributed by atoms with Crippen molar-refractivity contribution in [2.45, 2.75) is 18.6 Å². The minimum atomic E-state index is -3.40. The van der Waals surface area contributed by atoms with Crippen LogP contribution in [0.15, 0.2) is 30.3 Å². The van der Waals surface area contributed by atoms with Crippen LogP contribution in [0.1, 0.15) is 18.4 Å². The molecule has 2 saturated heterocycles. The molecule has 150 valence electrons. The summed E-state index contributed by atoms with van der Waals surface area (Å²) in [6.07, 6.45) is 1.47. The Balaban J connectivity index is 1.48. The maximum Gasteiger partial charge on any atom is 0.224 e. The molecular weight excluding hydrogens is 364 g/mol. The Bertz CT molecular complexity index is 705. The molecule has 0 bridgehead atoms. The second-order valence-electron chi connectivity index (χ2n) is 7.32. The van der Waals surface area contributed by atoms with E-state index in [1.54, 1.807) is 0 Å². The first kappa shape index (κ1) is 20.3. The lowest BCUT2D eigenvalue weighted by atomic mass is 9.99. The smallest absolute Gasteiger partial charge is 0.224 e. The molecule has 0 radical (unpaired) electrons. The number of sulfonamides is 1. The molecule has 2 N–H and O–H groups in total. The van der Waals surface area contributed by atoms with Crippen molar-refractivity contribution in [3.63, 3.8) is 0 Å². The van der Waals surface area contributed by atoms with E-state index in [9.17, 15) is 13.2 Å². The minimum absolute atomic E-state index is 0.00876. The predicted octanol–water partition coefficient (Wildman–Crippen LogP) is 0.250. The van der Waals surface area contributed by atoms with Crippen LogP contribution >= 0.6 is 0 Å². The van der Waals surface area contributed by atoms with Gasteiger partial charge in [0, 0.05) is 52.4 Å². The summed E-state index contributed by atoms with van der Waals surface area (Å²) >= 11 is 0. The fraction of sp³-hybridized carbons (Fsp3) is 0.632. The van der Waals surface area contributed by atoms with Crippen molar-refractivity contribution < 1.29 is 13.2 Å². The summed E-state index contributed by atoms with van der Waals surface area (Å²) < 4.78 is 26.9. The zero-order valence-corrected chi connectivity index (χ0v) is 16.6. The number of piperidine rings is 1. The summed E-state index contributed by atoms with van der Waals surface area (Å²) in [4.78, 5) is 14.8. The van der Waals surface area contributed by atoms with Crippen LogP contribution in [0.3, 0.4) is 0 Å². The molecular formula is C19H30N4O3S. The lowest BCUT2D eigenvalue weighted by Crippen LogP contribution is -2.48. The van der Waals surface area contributed by atoms with E-state index in [0.717, 1.165) is 51.1 Å². The Morgan fingerprint density at radius 1 is 1.15 bits per heavy atom. The first-order valence-electron chi connectivity index (χ1n) is 9.77. The largest absolute Gasteiger partial charge is 0.355 e. The average molecular weight is 395 g/mol. The fourth-order valence-electron chi connectivity index (χ4n) is 3.70. The Morgan fingerprint density at radius 2 is 1.89 bits per heavy atom. The second-order valence-corrected chi connectivity index (χ2v) is 9.29. The summed E-state index contributed by atoms with van der Waals surface area (Å²) in [5.41, 5.74) is 0.778. The number of amides is 1. The normalized spacial score (nSPS) is 22.4. The number of piperazine rings is 1. The monoisotopic (exact) mass is 394 g/mol. The van der Waals surface area contributed by atoms with Crippen molar-refractivity contribution in [3.05, 3.63) is 35.9 Å². The van der Waals surface area contributed by atoms with Gasteiger partial charge in [0.1, 0.15) is 0 Å². The number of hydrogen-bond donors (Lipinski definition) is 2. The van der Waals surface area contributed by atoms with Crippen LogP contribution < -0.4 is 10.6 Å². The van der Waals surface area contributed by atoms with Crippen molar-refractivity contribution in [1.29, 1.82) is 0 Å². The summed E-state index contributed by atoms with van der Waals surface area (Å²) in [5, 5.41) is 6.31. The first-order chi connectivity index (χ1) is 13.0. The highest BCUT2D eigenvalue weighted by Crippen LogP contribution is 2.21. The van der Waals surface area contributed by atoms with Gasteiger partial charge in [0.2, 0.25) is 15.9 Å². The van der Waals surface area contributed by atoms with Gasteiger partial charge in [-0.1, -0.05) is 30.3 Å². The number of rotatable bonds is 7. The third-order valence-electron chi connectivity index (χ3n) is 5.28. The summed E-state index contributed by atoms with van der Waals surface area (Å²) in [7, 11) is -3.40. The Hall–Kier alpha value is -1.48. The van der Waals surface area contributed by atoms with E-state index < -0.39 is 10.0 Å². The Labute approximate surface area is 162 Å². The zero-order valence-electron chi connectivity index (χ0n) is 15.8. The van der Waals surface area contributed by atoms with Gasteiger partial charge in [-0.05, 0) is 18.4 Å². The first-order valence-corrected chi connectivity index (χ1v) is 11.4. The summed E-state index contributed by atoms with van der Waals surface area (Å²) in [6, 6.07) is 9.20. The van der Waals surface area contributed by atoms with Crippen molar-refractivity contribution in [2.24, 2.45) is 5.92 Å². The molecule has 27 heavy (non-hydrogen) atoms. The van der Waals surface area contributed by atoms with Crippen molar-refractivity contribution in [3.8, 4) is 0 Å². The van der Waals surface area contributed by atoms with Crippen molar-refractivity contribution >= 4 is 15.9 Å². The number of carbonyl (C=O) groups excluding carboxylic acids is 1. The molecule has 1 aromatic rings. The highest BCUT2D eigenvalue weighted by Gasteiger charge is 2.32. The number of nitrogens with one attached hydrogen (secondary N) is 2. The standard InChI is InChI=1S/C19H30N4O3S/c24-19(21-10-14-22-12-8-20-9-13-22)18-7-4-11-23(15-18)27(25,26)16-17-5-2-1-3-6-17/h1-3,5-6,18,20H,4,7-16H2,(H,21,24).